The highest BCUT2D eigenvalue weighted by molar-refractivity contribution is 5.63. The molecule has 0 amide bonds. The molecule has 0 spiro atoms. The third kappa shape index (κ3) is 1.59. The second-order valence-electron chi connectivity index (χ2n) is 3.37. The van der Waals surface area contributed by atoms with E-state index in [1.54, 1.807) is 12.3 Å². The largest absolute Gasteiger partial charge is 0.376 e. The summed E-state index contributed by atoms with van der Waals surface area (Å²) in [6.07, 6.45) is 4.57. The predicted octanol–water partition coefficient (Wildman–Crippen LogP) is 0.600. The van der Waals surface area contributed by atoms with Gasteiger partial charge in [0.05, 0.1) is 5.69 Å². The molecule has 0 aromatic carbocycles. The highest BCUT2D eigenvalue weighted by atomic mass is 15.3. The van der Waals surface area contributed by atoms with Gasteiger partial charge in [-0.2, -0.15) is 10.4 Å². The van der Waals surface area contributed by atoms with Gasteiger partial charge in [0.2, 0.25) is 0 Å². The number of rotatable bonds is 2. The zero-order valence-corrected chi connectivity index (χ0v) is 8.99. The molecule has 2 heterocycles. The maximum atomic E-state index is 9.17. The Morgan fingerprint density at radius 3 is 2.81 bits per heavy atom. The average Bonchev–Trinajstić information content (AvgIpc) is 2.81. The van der Waals surface area contributed by atoms with Gasteiger partial charge in [0.1, 0.15) is 24.3 Å². The molecule has 2 aromatic heterocycles. The van der Waals surface area contributed by atoms with Gasteiger partial charge in [-0.1, -0.05) is 0 Å². The fourth-order valence-corrected chi connectivity index (χ4v) is 1.41. The van der Waals surface area contributed by atoms with Crippen molar-refractivity contribution in [3.8, 4) is 11.9 Å². The Morgan fingerprint density at radius 2 is 2.25 bits per heavy atom. The molecule has 2 aromatic rings. The summed E-state index contributed by atoms with van der Waals surface area (Å²) in [5.41, 5.74) is 1.29. The van der Waals surface area contributed by atoms with E-state index in [1.165, 1.54) is 17.3 Å². The Kier molecular flexibility index (Phi) is 2.52. The molecule has 0 fully saturated rings. The monoisotopic (exact) mass is 214 g/mol. The van der Waals surface area contributed by atoms with Crippen molar-refractivity contribution in [3.05, 3.63) is 30.5 Å². The number of anilines is 1. The van der Waals surface area contributed by atoms with Crippen LogP contribution in [0.4, 0.5) is 5.69 Å². The minimum Gasteiger partial charge on any atom is -0.376 e. The van der Waals surface area contributed by atoms with Crippen LogP contribution >= 0.6 is 0 Å². The molecule has 6 nitrogen and oxygen atoms in total. The van der Waals surface area contributed by atoms with Crippen molar-refractivity contribution in [1.82, 2.24) is 19.7 Å². The summed E-state index contributed by atoms with van der Waals surface area (Å²) >= 11 is 0. The SMILES string of the molecule is CN(C)c1ccnc(-n2cncn2)c1C#N. The standard InChI is InChI=1S/C10H10N6/c1-15(2)9-3-4-13-10(8(9)5-11)16-7-12-6-14-16/h3-4,6-7H,1-2H3. The van der Waals surface area contributed by atoms with E-state index in [-0.39, 0.29) is 0 Å². The number of hydrogen-bond acceptors (Lipinski definition) is 5. The van der Waals surface area contributed by atoms with Gasteiger partial charge in [0.25, 0.3) is 0 Å². The normalized spacial score (nSPS) is 9.81. The summed E-state index contributed by atoms with van der Waals surface area (Å²) in [5.74, 6) is 0.492. The van der Waals surface area contributed by atoms with E-state index in [2.05, 4.69) is 21.1 Å². The molecule has 0 atom stereocenters. The van der Waals surface area contributed by atoms with Crippen LogP contribution in [0.1, 0.15) is 5.56 Å². The highest BCUT2D eigenvalue weighted by Gasteiger charge is 2.12. The smallest absolute Gasteiger partial charge is 0.175 e. The van der Waals surface area contributed by atoms with Crippen LogP contribution in [-0.4, -0.2) is 33.8 Å². The van der Waals surface area contributed by atoms with Crippen molar-refractivity contribution < 1.29 is 0 Å². The third-order valence-electron chi connectivity index (χ3n) is 2.14. The number of pyridine rings is 1. The van der Waals surface area contributed by atoms with Crippen LogP contribution in [-0.2, 0) is 0 Å². The van der Waals surface area contributed by atoms with Gasteiger partial charge in [0.15, 0.2) is 5.82 Å². The van der Waals surface area contributed by atoms with Crippen molar-refractivity contribution >= 4 is 5.69 Å². The van der Waals surface area contributed by atoms with Gasteiger partial charge in [0, 0.05) is 20.3 Å². The topological polar surface area (TPSA) is 70.6 Å². The molecule has 0 saturated carbocycles. The quantitative estimate of drug-likeness (QED) is 0.732. The predicted molar refractivity (Wildman–Crippen MR) is 58.2 cm³/mol. The van der Waals surface area contributed by atoms with Gasteiger partial charge in [-0.05, 0) is 6.07 Å². The average molecular weight is 214 g/mol. The third-order valence-corrected chi connectivity index (χ3v) is 2.14. The Balaban J connectivity index is 2.64. The molecular weight excluding hydrogens is 204 g/mol. The van der Waals surface area contributed by atoms with Crippen LogP contribution in [0.3, 0.4) is 0 Å². The lowest BCUT2D eigenvalue weighted by molar-refractivity contribution is 0.840. The van der Waals surface area contributed by atoms with Crippen molar-refractivity contribution in [3.63, 3.8) is 0 Å². The van der Waals surface area contributed by atoms with E-state index in [1.807, 2.05) is 19.0 Å². The Labute approximate surface area is 92.8 Å². The molecule has 0 N–H and O–H groups in total. The number of nitriles is 1. The van der Waals surface area contributed by atoms with E-state index in [9.17, 15) is 0 Å². The van der Waals surface area contributed by atoms with Crippen molar-refractivity contribution in [2.24, 2.45) is 0 Å². The summed E-state index contributed by atoms with van der Waals surface area (Å²) in [5, 5.41) is 13.1. The molecule has 0 aliphatic rings. The zero-order chi connectivity index (χ0) is 11.5. The van der Waals surface area contributed by atoms with Gasteiger partial charge in [-0.25, -0.2) is 14.6 Å². The number of nitrogens with zero attached hydrogens (tertiary/aromatic N) is 6. The maximum absolute atomic E-state index is 9.17. The molecule has 80 valence electrons. The van der Waals surface area contributed by atoms with E-state index in [0.29, 0.717) is 11.4 Å². The zero-order valence-electron chi connectivity index (χ0n) is 8.99. The molecule has 6 heteroatoms. The highest BCUT2D eigenvalue weighted by Crippen LogP contribution is 2.21. The molecule has 16 heavy (non-hydrogen) atoms. The Bertz CT molecular complexity index is 523. The minimum absolute atomic E-state index is 0.484. The maximum Gasteiger partial charge on any atom is 0.175 e. The Morgan fingerprint density at radius 1 is 1.44 bits per heavy atom. The molecule has 0 saturated heterocycles. The lowest BCUT2D eigenvalue weighted by Crippen LogP contribution is -2.13. The van der Waals surface area contributed by atoms with Crippen LogP contribution in [0.5, 0.6) is 0 Å². The number of aromatic nitrogens is 4. The molecule has 0 aliphatic heterocycles. The summed E-state index contributed by atoms with van der Waals surface area (Å²) < 4.78 is 1.48. The second kappa shape index (κ2) is 3.98. The fraction of sp³-hybridized carbons (Fsp3) is 0.200. The van der Waals surface area contributed by atoms with Crippen molar-refractivity contribution in [2.75, 3.05) is 19.0 Å². The van der Waals surface area contributed by atoms with Gasteiger partial charge in [-0.15, -0.1) is 0 Å². The molecule has 2 rings (SSSR count). The summed E-state index contributed by atoms with van der Waals surface area (Å²) in [6.45, 7) is 0. The van der Waals surface area contributed by atoms with E-state index in [4.69, 9.17) is 5.26 Å². The van der Waals surface area contributed by atoms with Crippen LogP contribution in [0.2, 0.25) is 0 Å². The molecular formula is C10H10N6. The number of hydrogen-bond donors (Lipinski definition) is 0. The first kappa shape index (κ1) is 10.1. The summed E-state index contributed by atoms with van der Waals surface area (Å²) in [6, 6.07) is 3.93. The van der Waals surface area contributed by atoms with E-state index < -0.39 is 0 Å². The molecule has 0 unspecified atom stereocenters. The molecule has 0 radical (unpaired) electrons. The van der Waals surface area contributed by atoms with Crippen molar-refractivity contribution in [1.29, 1.82) is 5.26 Å². The molecule has 0 bridgehead atoms. The van der Waals surface area contributed by atoms with E-state index in [0.717, 1.165) is 5.69 Å². The minimum atomic E-state index is 0.484. The summed E-state index contributed by atoms with van der Waals surface area (Å²) in [4.78, 5) is 9.85. The first-order valence-electron chi connectivity index (χ1n) is 4.65. The van der Waals surface area contributed by atoms with Crippen molar-refractivity contribution in [2.45, 2.75) is 0 Å². The van der Waals surface area contributed by atoms with Crippen LogP contribution in [0.15, 0.2) is 24.9 Å². The van der Waals surface area contributed by atoms with Gasteiger partial charge >= 0.3 is 0 Å². The fourth-order valence-electron chi connectivity index (χ4n) is 1.41. The first-order valence-corrected chi connectivity index (χ1v) is 4.65. The van der Waals surface area contributed by atoms with Crippen LogP contribution in [0, 0.1) is 11.3 Å². The van der Waals surface area contributed by atoms with Gasteiger partial charge in [-0.3, -0.25) is 0 Å². The molecule has 0 aliphatic carbocycles. The Hall–Kier alpha value is -2.42. The first-order chi connectivity index (χ1) is 7.74. The van der Waals surface area contributed by atoms with Gasteiger partial charge < -0.3 is 4.90 Å². The summed E-state index contributed by atoms with van der Waals surface area (Å²) in [7, 11) is 3.75. The second-order valence-corrected chi connectivity index (χ2v) is 3.37. The van der Waals surface area contributed by atoms with E-state index >= 15 is 0 Å². The van der Waals surface area contributed by atoms with Crippen LogP contribution < -0.4 is 4.90 Å². The lowest BCUT2D eigenvalue weighted by Gasteiger charge is -2.15. The lowest BCUT2D eigenvalue weighted by atomic mass is 10.2. The van der Waals surface area contributed by atoms with Crippen LogP contribution in [0.25, 0.3) is 5.82 Å².